The highest BCUT2D eigenvalue weighted by atomic mass is 16.2. The Balaban J connectivity index is 2.02. The molecule has 0 N–H and O–H groups in total. The molecule has 134 valence electrons. The fourth-order valence-corrected chi connectivity index (χ4v) is 3.83. The third-order valence-electron chi connectivity index (χ3n) is 5.40. The number of aromatic nitrogens is 1. The van der Waals surface area contributed by atoms with Crippen molar-refractivity contribution in [3.05, 3.63) is 41.7 Å². The van der Waals surface area contributed by atoms with Crippen molar-refractivity contribution in [1.82, 2.24) is 9.88 Å². The van der Waals surface area contributed by atoms with Crippen LogP contribution < -0.4 is 0 Å². The van der Waals surface area contributed by atoms with Gasteiger partial charge in [0.05, 0.1) is 6.07 Å². The molecule has 1 aliphatic rings. The summed E-state index contributed by atoms with van der Waals surface area (Å²) in [6.07, 6.45) is 7.90. The number of pyridine rings is 1. The maximum absolute atomic E-state index is 12.7. The van der Waals surface area contributed by atoms with Crippen LogP contribution in [-0.4, -0.2) is 22.8 Å². The van der Waals surface area contributed by atoms with Crippen molar-refractivity contribution in [2.24, 2.45) is 23.7 Å². The zero-order valence-electron chi connectivity index (χ0n) is 15.8. The zero-order chi connectivity index (χ0) is 18.4. The number of amides is 1. The SMILES string of the molecule is CC1=CC(CC#N)C(C(C)C)CC1CC(=O)N(C)Cc1cccnc1. The fraction of sp³-hybridized carbons (Fsp3) is 0.571. The molecule has 1 amide bonds. The van der Waals surface area contributed by atoms with Crippen LogP contribution in [0, 0.1) is 35.0 Å². The van der Waals surface area contributed by atoms with Crippen molar-refractivity contribution >= 4 is 5.91 Å². The second-order valence-electron chi connectivity index (χ2n) is 7.59. The summed E-state index contributed by atoms with van der Waals surface area (Å²) in [6.45, 7) is 7.14. The van der Waals surface area contributed by atoms with Gasteiger partial charge in [-0.2, -0.15) is 5.26 Å². The predicted octanol–water partition coefficient (Wildman–Crippen LogP) is 4.20. The standard InChI is InChI=1S/C21H29N3O/c1-15(2)20-11-19(16(3)10-18(20)7-8-22)12-21(25)24(4)14-17-6-5-9-23-13-17/h5-6,9-10,13,15,18-20H,7,11-12,14H2,1-4H3. The Kier molecular flexibility index (Phi) is 6.75. The lowest BCUT2D eigenvalue weighted by atomic mass is 9.69. The number of rotatable bonds is 6. The molecule has 0 aliphatic heterocycles. The van der Waals surface area contributed by atoms with Crippen molar-refractivity contribution < 1.29 is 4.79 Å². The first-order valence-electron chi connectivity index (χ1n) is 9.10. The Morgan fingerprint density at radius 2 is 2.24 bits per heavy atom. The van der Waals surface area contributed by atoms with Crippen molar-refractivity contribution in [2.45, 2.75) is 46.6 Å². The lowest BCUT2D eigenvalue weighted by molar-refractivity contribution is -0.131. The minimum atomic E-state index is 0.169. The summed E-state index contributed by atoms with van der Waals surface area (Å²) in [5, 5.41) is 9.08. The summed E-state index contributed by atoms with van der Waals surface area (Å²) in [7, 11) is 1.86. The van der Waals surface area contributed by atoms with E-state index in [1.165, 1.54) is 5.57 Å². The summed E-state index contributed by atoms with van der Waals surface area (Å²) in [5.41, 5.74) is 2.31. The number of hydrogen-bond donors (Lipinski definition) is 0. The molecule has 3 unspecified atom stereocenters. The number of allylic oxidation sites excluding steroid dienone is 2. The first kappa shape index (κ1) is 19.2. The molecule has 1 aliphatic carbocycles. The zero-order valence-corrected chi connectivity index (χ0v) is 15.8. The molecule has 0 spiro atoms. The molecule has 25 heavy (non-hydrogen) atoms. The van der Waals surface area contributed by atoms with Gasteiger partial charge < -0.3 is 4.90 Å². The van der Waals surface area contributed by atoms with E-state index in [-0.39, 0.29) is 11.8 Å². The summed E-state index contributed by atoms with van der Waals surface area (Å²) >= 11 is 0. The number of carbonyl (C=O) groups excluding carboxylic acids is 1. The molecule has 2 rings (SSSR count). The van der Waals surface area contributed by atoms with Gasteiger partial charge in [0.15, 0.2) is 0 Å². The molecule has 4 nitrogen and oxygen atoms in total. The van der Waals surface area contributed by atoms with Gasteiger partial charge in [-0.05, 0) is 48.6 Å². The molecule has 0 bridgehead atoms. The highest BCUT2D eigenvalue weighted by molar-refractivity contribution is 5.76. The van der Waals surface area contributed by atoms with Crippen LogP contribution >= 0.6 is 0 Å². The molecule has 1 aromatic rings. The van der Waals surface area contributed by atoms with Gasteiger partial charge in [-0.1, -0.05) is 31.6 Å². The normalized spacial score (nSPS) is 23.0. The average Bonchev–Trinajstić information content (AvgIpc) is 2.58. The highest BCUT2D eigenvalue weighted by Gasteiger charge is 2.32. The Labute approximate surface area is 151 Å². The summed E-state index contributed by atoms with van der Waals surface area (Å²) in [4.78, 5) is 18.6. The van der Waals surface area contributed by atoms with Crippen molar-refractivity contribution in [3.8, 4) is 6.07 Å². The van der Waals surface area contributed by atoms with Crippen LogP contribution in [0.5, 0.6) is 0 Å². The molecule has 0 fully saturated rings. The van der Waals surface area contributed by atoms with Crippen LogP contribution in [0.3, 0.4) is 0 Å². The number of nitrogens with zero attached hydrogens (tertiary/aromatic N) is 3. The van der Waals surface area contributed by atoms with Gasteiger partial charge in [0, 0.05) is 38.8 Å². The molecule has 0 aromatic carbocycles. The fourth-order valence-electron chi connectivity index (χ4n) is 3.83. The van der Waals surface area contributed by atoms with E-state index in [1.807, 2.05) is 19.2 Å². The Morgan fingerprint density at radius 1 is 1.48 bits per heavy atom. The van der Waals surface area contributed by atoms with E-state index >= 15 is 0 Å². The molecule has 4 heteroatoms. The quantitative estimate of drug-likeness (QED) is 0.730. The second kappa shape index (κ2) is 8.80. The topological polar surface area (TPSA) is 57.0 Å². The van der Waals surface area contributed by atoms with Gasteiger partial charge in [-0.3, -0.25) is 9.78 Å². The van der Waals surface area contributed by atoms with Gasteiger partial charge in [0.2, 0.25) is 5.91 Å². The van der Waals surface area contributed by atoms with Crippen molar-refractivity contribution in [1.29, 1.82) is 5.26 Å². The molecule has 0 radical (unpaired) electrons. The van der Waals surface area contributed by atoms with Crippen LogP contribution in [0.25, 0.3) is 0 Å². The van der Waals surface area contributed by atoms with E-state index in [9.17, 15) is 4.79 Å². The minimum Gasteiger partial charge on any atom is -0.341 e. The Morgan fingerprint density at radius 3 is 2.84 bits per heavy atom. The molecule has 1 heterocycles. The number of carbonyl (C=O) groups is 1. The van der Waals surface area contributed by atoms with Crippen molar-refractivity contribution in [2.75, 3.05) is 7.05 Å². The van der Waals surface area contributed by atoms with Crippen LogP contribution in [0.1, 0.15) is 45.6 Å². The molecule has 0 saturated heterocycles. The van der Waals surface area contributed by atoms with Crippen LogP contribution in [0.15, 0.2) is 36.2 Å². The molecular weight excluding hydrogens is 310 g/mol. The summed E-state index contributed by atoms with van der Waals surface area (Å²) < 4.78 is 0. The largest absolute Gasteiger partial charge is 0.341 e. The van der Waals surface area contributed by atoms with E-state index < -0.39 is 0 Å². The van der Waals surface area contributed by atoms with Crippen LogP contribution in [0.2, 0.25) is 0 Å². The highest BCUT2D eigenvalue weighted by Crippen LogP contribution is 2.40. The maximum Gasteiger partial charge on any atom is 0.223 e. The summed E-state index contributed by atoms with van der Waals surface area (Å²) in [6, 6.07) is 6.20. The van der Waals surface area contributed by atoms with Gasteiger partial charge in [0.1, 0.15) is 0 Å². The first-order valence-corrected chi connectivity index (χ1v) is 9.10. The molecular formula is C21H29N3O. The Hall–Kier alpha value is -2.15. The monoisotopic (exact) mass is 339 g/mol. The third kappa shape index (κ3) is 5.16. The predicted molar refractivity (Wildman–Crippen MR) is 99.2 cm³/mol. The van der Waals surface area contributed by atoms with Gasteiger partial charge in [-0.15, -0.1) is 0 Å². The minimum absolute atomic E-state index is 0.169. The van der Waals surface area contributed by atoms with Gasteiger partial charge in [0.25, 0.3) is 0 Å². The summed E-state index contributed by atoms with van der Waals surface area (Å²) in [5.74, 6) is 1.77. The molecule has 1 aromatic heterocycles. The van der Waals surface area contributed by atoms with E-state index in [0.717, 1.165) is 12.0 Å². The molecule has 0 saturated carbocycles. The van der Waals surface area contributed by atoms with E-state index in [4.69, 9.17) is 5.26 Å². The number of nitriles is 1. The Bertz CT molecular complexity index is 645. The average molecular weight is 339 g/mol. The third-order valence-corrected chi connectivity index (χ3v) is 5.40. The second-order valence-corrected chi connectivity index (χ2v) is 7.59. The lowest BCUT2D eigenvalue weighted by Gasteiger charge is -2.36. The smallest absolute Gasteiger partial charge is 0.223 e. The van der Waals surface area contributed by atoms with Gasteiger partial charge >= 0.3 is 0 Å². The molecule has 3 atom stereocenters. The van der Waals surface area contributed by atoms with E-state index in [2.05, 4.69) is 37.9 Å². The van der Waals surface area contributed by atoms with E-state index in [0.29, 0.717) is 37.1 Å². The lowest BCUT2D eigenvalue weighted by Crippen LogP contribution is -2.32. The first-order chi connectivity index (χ1) is 11.9. The maximum atomic E-state index is 12.7. The number of hydrogen-bond acceptors (Lipinski definition) is 3. The van der Waals surface area contributed by atoms with Crippen molar-refractivity contribution in [3.63, 3.8) is 0 Å². The van der Waals surface area contributed by atoms with Crippen LogP contribution in [-0.2, 0) is 11.3 Å². The van der Waals surface area contributed by atoms with Crippen LogP contribution in [0.4, 0.5) is 0 Å². The van der Waals surface area contributed by atoms with E-state index in [1.54, 1.807) is 17.3 Å². The van der Waals surface area contributed by atoms with Gasteiger partial charge in [-0.25, -0.2) is 0 Å².